The van der Waals surface area contributed by atoms with Crippen LogP contribution in [0, 0.1) is 5.92 Å². The average molecular weight is 422 g/mol. The number of allylic oxidation sites excluding steroid dienone is 2. The van der Waals surface area contributed by atoms with E-state index in [0.717, 1.165) is 50.6 Å². The monoisotopic (exact) mass is 421 g/mol. The van der Waals surface area contributed by atoms with Gasteiger partial charge in [-0.2, -0.15) is 0 Å². The van der Waals surface area contributed by atoms with Crippen LogP contribution < -0.4 is 5.32 Å². The van der Waals surface area contributed by atoms with Gasteiger partial charge in [0.25, 0.3) is 5.91 Å². The summed E-state index contributed by atoms with van der Waals surface area (Å²) in [6, 6.07) is 6.39. The standard InChI is InChI=1S/C25H31N3O3/c1-18-9-5-6-13-21(18)28(25(30)22-14-8-16-31-22)23(19-10-7-15-26-17-19)24(29)27-20-11-3-2-4-12-20/h7-8,10,13-18,20,23H,2-6,9,11-12H2,1H3,(H,27,29)/t18-,23-/m0/s1. The maximum absolute atomic E-state index is 13.7. The molecule has 0 aliphatic heterocycles. The lowest BCUT2D eigenvalue weighted by Crippen LogP contribution is -2.47. The first kappa shape index (κ1) is 21.3. The van der Waals surface area contributed by atoms with Crippen molar-refractivity contribution in [3.05, 3.63) is 66.0 Å². The topological polar surface area (TPSA) is 75.4 Å². The van der Waals surface area contributed by atoms with Gasteiger partial charge in [0.1, 0.15) is 6.04 Å². The van der Waals surface area contributed by atoms with Crippen molar-refractivity contribution in [3.63, 3.8) is 0 Å². The summed E-state index contributed by atoms with van der Waals surface area (Å²) in [7, 11) is 0. The van der Waals surface area contributed by atoms with Gasteiger partial charge in [0.05, 0.1) is 6.26 Å². The Morgan fingerprint density at radius 1 is 1.13 bits per heavy atom. The minimum Gasteiger partial charge on any atom is -0.459 e. The van der Waals surface area contributed by atoms with Gasteiger partial charge < -0.3 is 9.73 Å². The van der Waals surface area contributed by atoms with Crippen LogP contribution in [0.1, 0.15) is 80.5 Å². The lowest BCUT2D eigenvalue weighted by Gasteiger charge is -2.37. The molecule has 0 saturated heterocycles. The third-order valence-corrected chi connectivity index (χ3v) is 6.39. The van der Waals surface area contributed by atoms with E-state index in [9.17, 15) is 9.59 Å². The molecule has 2 heterocycles. The second kappa shape index (κ2) is 9.94. The smallest absolute Gasteiger partial charge is 0.294 e. The van der Waals surface area contributed by atoms with Crippen molar-refractivity contribution in [1.29, 1.82) is 0 Å². The third-order valence-electron chi connectivity index (χ3n) is 6.39. The van der Waals surface area contributed by atoms with Crippen LogP contribution in [-0.4, -0.2) is 27.7 Å². The van der Waals surface area contributed by atoms with Gasteiger partial charge in [-0.15, -0.1) is 0 Å². The minimum atomic E-state index is -0.792. The van der Waals surface area contributed by atoms with Crippen LogP contribution in [-0.2, 0) is 4.79 Å². The van der Waals surface area contributed by atoms with Crippen molar-refractivity contribution in [2.24, 2.45) is 5.92 Å². The van der Waals surface area contributed by atoms with E-state index >= 15 is 0 Å². The zero-order valence-corrected chi connectivity index (χ0v) is 18.1. The van der Waals surface area contributed by atoms with E-state index in [-0.39, 0.29) is 29.5 Å². The molecule has 0 unspecified atom stereocenters. The summed E-state index contributed by atoms with van der Waals surface area (Å²) in [6.07, 6.45) is 15.3. The molecule has 0 radical (unpaired) electrons. The molecular weight excluding hydrogens is 390 g/mol. The molecule has 6 nitrogen and oxygen atoms in total. The number of nitrogens with one attached hydrogen (secondary N) is 1. The number of rotatable bonds is 6. The number of hydrogen-bond acceptors (Lipinski definition) is 4. The summed E-state index contributed by atoms with van der Waals surface area (Å²) in [4.78, 5) is 33.2. The fourth-order valence-electron chi connectivity index (χ4n) is 4.74. The Bertz CT molecular complexity index is 901. The van der Waals surface area contributed by atoms with E-state index in [4.69, 9.17) is 4.42 Å². The van der Waals surface area contributed by atoms with Crippen LogP contribution in [0.3, 0.4) is 0 Å². The van der Waals surface area contributed by atoms with Crippen molar-refractivity contribution in [2.75, 3.05) is 0 Å². The molecule has 2 aromatic heterocycles. The molecule has 0 spiro atoms. The largest absolute Gasteiger partial charge is 0.459 e. The second-order valence-electron chi connectivity index (χ2n) is 8.65. The summed E-state index contributed by atoms with van der Waals surface area (Å²) in [5, 5.41) is 3.23. The Kier molecular flexibility index (Phi) is 6.85. The maximum Gasteiger partial charge on any atom is 0.294 e. The van der Waals surface area contributed by atoms with Crippen molar-refractivity contribution < 1.29 is 14.0 Å². The molecule has 2 aliphatic rings. The van der Waals surface area contributed by atoms with Crippen LogP contribution >= 0.6 is 0 Å². The van der Waals surface area contributed by atoms with Gasteiger partial charge in [-0.1, -0.05) is 38.3 Å². The molecule has 2 aliphatic carbocycles. The molecule has 0 bridgehead atoms. The molecule has 2 aromatic rings. The zero-order valence-electron chi connectivity index (χ0n) is 18.1. The van der Waals surface area contributed by atoms with Gasteiger partial charge >= 0.3 is 0 Å². The van der Waals surface area contributed by atoms with Crippen molar-refractivity contribution in [1.82, 2.24) is 15.2 Å². The lowest BCUT2D eigenvalue weighted by molar-refractivity contribution is -0.126. The Balaban J connectivity index is 1.74. The maximum atomic E-state index is 13.7. The Morgan fingerprint density at radius 2 is 1.97 bits per heavy atom. The molecular formula is C25H31N3O3. The molecule has 1 N–H and O–H groups in total. The first-order valence-corrected chi connectivity index (χ1v) is 11.4. The summed E-state index contributed by atoms with van der Waals surface area (Å²) in [5.41, 5.74) is 1.59. The molecule has 4 rings (SSSR count). The van der Waals surface area contributed by atoms with Crippen molar-refractivity contribution >= 4 is 11.8 Å². The van der Waals surface area contributed by atoms with Gasteiger partial charge in [-0.05, 0) is 56.2 Å². The summed E-state index contributed by atoms with van der Waals surface area (Å²) < 4.78 is 5.45. The van der Waals surface area contributed by atoms with Crippen LogP contribution in [0.5, 0.6) is 0 Å². The lowest BCUT2D eigenvalue weighted by atomic mass is 9.90. The van der Waals surface area contributed by atoms with Gasteiger partial charge in [0, 0.05) is 29.7 Å². The first-order chi connectivity index (χ1) is 15.1. The molecule has 2 amide bonds. The van der Waals surface area contributed by atoms with E-state index in [1.165, 1.54) is 12.7 Å². The molecule has 1 fully saturated rings. The van der Waals surface area contributed by atoms with Crippen molar-refractivity contribution in [2.45, 2.75) is 70.4 Å². The SMILES string of the molecule is C[C@H]1CCCC=C1N(C(=O)c1ccco1)[C@H](C(=O)NC1CCCCC1)c1cccnc1. The Hall–Kier alpha value is -2.89. The number of furan rings is 1. The Labute approximate surface area is 183 Å². The predicted octanol–water partition coefficient (Wildman–Crippen LogP) is 5.01. The molecule has 1 saturated carbocycles. The number of carbonyl (C=O) groups is 2. The fraction of sp³-hybridized carbons (Fsp3) is 0.480. The average Bonchev–Trinajstić information content (AvgIpc) is 3.34. The summed E-state index contributed by atoms with van der Waals surface area (Å²) in [5.74, 6) is -0.0385. The van der Waals surface area contributed by atoms with Gasteiger partial charge in [-0.3, -0.25) is 19.5 Å². The summed E-state index contributed by atoms with van der Waals surface area (Å²) >= 11 is 0. The third kappa shape index (κ3) is 4.89. The predicted molar refractivity (Wildman–Crippen MR) is 118 cm³/mol. The Morgan fingerprint density at radius 3 is 2.65 bits per heavy atom. The number of hydrogen-bond donors (Lipinski definition) is 1. The molecule has 2 atom stereocenters. The van der Waals surface area contributed by atoms with Gasteiger partial charge in [0.2, 0.25) is 5.91 Å². The molecule has 164 valence electrons. The first-order valence-electron chi connectivity index (χ1n) is 11.4. The van der Waals surface area contributed by atoms with Gasteiger partial charge in [-0.25, -0.2) is 0 Å². The number of aromatic nitrogens is 1. The molecule has 6 heteroatoms. The number of nitrogens with zero attached hydrogens (tertiary/aromatic N) is 2. The van der Waals surface area contributed by atoms with Crippen LogP contribution in [0.2, 0.25) is 0 Å². The quantitative estimate of drug-likeness (QED) is 0.711. The number of pyridine rings is 1. The number of amides is 2. The fourth-order valence-corrected chi connectivity index (χ4v) is 4.74. The van der Waals surface area contributed by atoms with E-state index in [0.29, 0.717) is 5.56 Å². The van der Waals surface area contributed by atoms with E-state index < -0.39 is 6.04 Å². The highest BCUT2D eigenvalue weighted by molar-refractivity contribution is 5.97. The molecule has 0 aromatic carbocycles. The van der Waals surface area contributed by atoms with Crippen LogP contribution in [0.15, 0.2) is 59.1 Å². The highest BCUT2D eigenvalue weighted by Gasteiger charge is 2.38. The summed E-state index contributed by atoms with van der Waals surface area (Å²) in [6.45, 7) is 2.12. The van der Waals surface area contributed by atoms with E-state index in [2.05, 4.69) is 23.3 Å². The highest BCUT2D eigenvalue weighted by atomic mass is 16.3. The normalized spacial score (nSPS) is 20.5. The van der Waals surface area contributed by atoms with Gasteiger partial charge in [0.15, 0.2) is 5.76 Å². The van der Waals surface area contributed by atoms with Crippen LogP contribution in [0.4, 0.5) is 0 Å². The highest BCUT2D eigenvalue weighted by Crippen LogP contribution is 2.35. The van der Waals surface area contributed by atoms with Crippen LogP contribution in [0.25, 0.3) is 0 Å². The number of carbonyl (C=O) groups excluding carboxylic acids is 2. The van der Waals surface area contributed by atoms with E-state index in [1.54, 1.807) is 29.4 Å². The second-order valence-corrected chi connectivity index (χ2v) is 8.65. The van der Waals surface area contributed by atoms with Crippen molar-refractivity contribution in [3.8, 4) is 0 Å². The minimum absolute atomic E-state index is 0.152. The zero-order chi connectivity index (χ0) is 21.6. The van der Waals surface area contributed by atoms with E-state index in [1.807, 2.05) is 12.1 Å². The molecule has 31 heavy (non-hydrogen) atoms.